The van der Waals surface area contributed by atoms with Crippen molar-refractivity contribution in [2.45, 2.75) is 62.8 Å². The second-order valence-corrected chi connectivity index (χ2v) is 11.3. The second-order valence-electron chi connectivity index (χ2n) is 10.4. The highest BCUT2D eigenvalue weighted by Gasteiger charge is 2.42. The molecule has 0 radical (unpaired) electrons. The molecule has 2 aliphatic heterocycles. The molecule has 0 bridgehead atoms. The predicted molar refractivity (Wildman–Crippen MR) is 143 cm³/mol. The largest absolute Gasteiger partial charge is 0.489 e. The summed E-state index contributed by atoms with van der Waals surface area (Å²) < 4.78 is 6.31. The third kappa shape index (κ3) is 4.22. The van der Waals surface area contributed by atoms with Gasteiger partial charge >= 0.3 is 0 Å². The lowest BCUT2D eigenvalue weighted by atomic mass is 9.81. The molecule has 4 aromatic rings. The van der Waals surface area contributed by atoms with Gasteiger partial charge in [0.05, 0.1) is 18.3 Å². The maximum absolute atomic E-state index is 6.31. The number of hydrazine groups is 1. The number of ether oxygens (including phenoxy) is 1. The van der Waals surface area contributed by atoms with Crippen LogP contribution >= 0.6 is 11.3 Å². The van der Waals surface area contributed by atoms with Crippen molar-refractivity contribution in [2.75, 3.05) is 6.54 Å². The van der Waals surface area contributed by atoms with Gasteiger partial charge in [-0.2, -0.15) is 0 Å². The van der Waals surface area contributed by atoms with Crippen molar-refractivity contribution in [3.05, 3.63) is 65.6 Å². The number of aromatic nitrogens is 3. The van der Waals surface area contributed by atoms with Crippen molar-refractivity contribution in [2.24, 2.45) is 5.92 Å². The molecule has 7 nitrogen and oxygen atoms in total. The number of H-pyrrole nitrogens is 1. The minimum Gasteiger partial charge on any atom is -0.489 e. The molecule has 1 aliphatic carbocycles. The molecule has 1 saturated carbocycles. The van der Waals surface area contributed by atoms with E-state index in [-0.39, 0.29) is 12.1 Å². The summed E-state index contributed by atoms with van der Waals surface area (Å²) in [7, 11) is 0. The number of hydrogen-bond donors (Lipinski definition) is 4. The summed E-state index contributed by atoms with van der Waals surface area (Å²) in [4.78, 5) is 14.1. The molecule has 4 atom stereocenters. The average Bonchev–Trinajstić information content (AvgIpc) is 3.68. The molecule has 3 aliphatic rings. The standard InChI is InChI=1S/C28H32N6OS/c1-2-5-18(6-3-1)35-19-11-17(14-29-15-19)23-13-22-25(16-31-23)33-34-27(22)24-12-21-20(26-7-4-10-36-26)8-9-30-28(21)32-24/h4,7-12,14-15,18,22-23,25,27,31,33-34H,1-3,5-6,13,16H2,(H,30,32). The van der Waals surface area contributed by atoms with Crippen LogP contribution in [0, 0.1) is 5.92 Å². The Morgan fingerprint density at radius 3 is 2.86 bits per heavy atom. The van der Waals surface area contributed by atoms with E-state index in [1.807, 2.05) is 18.6 Å². The van der Waals surface area contributed by atoms with Crippen molar-refractivity contribution in [3.8, 4) is 16.2 Å². The quantitative estimate of drug-likeness (QED) is 0.299. The Kier molecular flexibility index (Phi) is 5.97. The summed E-state index contributed by atoms with van der Waals surface area (Å²) in [5, 5.41) is 7.05. The van der Waals surface area contributed by atoms with E-state index >= 15 is 0 Å². The number of pyridine rings is 2. The van der Waals surface area contributed by atoms with E-state index in [2.05, 4.69) is 66.8 Å². The minimum atomic E-state index is 0.194. The lowest BCUT2D eigenvalue weighted by molar-refractivity contribution is 0.154. The van der Waals surface area contributed by atoms with E-state index in [0.29, 0.717) is 18.1 Å². The summed E-state index contributed by atoms with van der Waals surface area (Å²) in [6.07, 6.45) is 13.3. The lowest BCUT2D eigenvalue weighted by Gasteiger charge is -2.34. The maximum atomic E-state index is 6.31. The van der Waals surface area contributed by atoms with E-state index in [1.54, 1.807) is 11.3 Å². The molecule has 0 amide bonds. The van der Waals surface area contributed by atoms with Gasteiger partial charge in [-0.3, -0.25) is 10.4 Å². The number of piperidine rings is 1. The molecule has 8 heteroatoms. The Balaban J connectivity index is 1.12. The van der Waals surface area contributed by atoms with Crippen LogP contribution in [0.1, 0.15) is 61.9 Å². The summed E-state index contributed by atoms with van der Waals surface area (Å²) in [6, 6.07) is 11.7. The number of fused-ring (bicyclic) bond motifs is 2. The van der Waals surface area contributed by atoms with Crippen molar-refractivity contribution in [3.63, 3.8) is 0 Å². The second kappa shape index (κ2) is 9.59. The Bertz CT molecular complexity index is 1330. The normalized spacial score (nSPS) is 26.8. The Morgan fingerprint density at radius 1 is 1.03 bits per heavy atom. The molecule has 0 aromatic carbocycles. The van der Waals surface area contributed by atoms with E-state index in [1.165, 1.54) is 46.3 Å². The molecule has 7 rings (SSSR count). The lowest BCUT2D eigenvalue weighted by Crippen LogP contribution is -2.46. The highest BCUT2D eigenvalue weighted by molar-refractivity contribution is 7.13. The Labute approximate surface area is 215 Å². The first-order valence-electron chi connectivity index (χ1n) is 13.2. The van der Waals surface area contributed by atoms with Crippen LogP contribution in [0.5, 0.6) is 5.75 Å². The number of aromatic amines is 1. The fourth-order valence-corrected chi connectivity index (χ4v) is 7.03. The highest BCUT2D eigenvalue weighted by atomic mass is 32.1. The van der Waals surface area contributed by atoms with Crippen LogP contribution < -0.4 is 20.9 Å². The molecule has 6 heterocycles. The minimum absolute atomic E-state index is 0.194. The van der Waals surface area contributed by atoms with Gasteiger partial charge in [0.25, 0.3) is 0 Å². The molecular formula is C28H32N6OS. The molecule has 3 fully saturated rings. The van der Waals surface area contributed by atoms with Crippen LogP contribution in [0.25, 0.3) is 21.5 Å². The summed E-state index contributed by atoms with van der Waals surface area (Å²) in [5.74, 6) is 1.35. The number of nitrogens with zero attached hydrogens (tertiary/aromatic N) is 2. The van der Waals surface area contributed by atoms with E-state index in [9.17, 15) is 0 Å². The van der Waals surface area contributed by atoms with Crippen molar-refractivity contribution < 1.29 is 4.74 Å². The van der Waals surface area contributed by atoms with Crippen LogP contribution in [0.4, 0.5) is 0 Å². The fraction of sp³-hybridized carbons (Fsp3) is 0.429. The van der Waals surface area contributed by atoms with Gasteiger partial charge in [-0.1, -0.05) is 12.5 Å². The molecule has 4 unspecified atom stereocenters. The molecule has 186 valence electrons. The van der Waals surface area contributed by atoms with E-state index < -0.39 is 0 Å². The number of rotatable bonds is 5. The third-order valence-corrected chi connectivity index (χ3v) is 9.03. The fourth-order valence-electron chi connectivity index (χ4n) is 6.26. The topological polar surface area (TPSA) is 86.9 Å². The molecular weight excluding hydrogens is 468 g/mol. The van der Waals surface area contributed by atoms with Gasteiger partial charge in [-0.05, 0) is 67.3 Å². The van der Waals surface area contributed by atoms with Gasteiger partial charge in [0.1, 0.15) is 11.4 Å². The van der Waals surface area contributed by atoms with E-state index in [0.717, 1.165) is 37.2 Å². The zero-order valence-electron chi connectivity index (χ0n) is 20.2. The summed E-state index contributed by atoms with van der Waals surface area (Å²) in [6.45, 7) is 0.908. The van der Waals surface area contributed by atoms with Crippen LogP contribution in [-0.2, 0) is 0 Å². The molecule has 4 N–H and O–H groups in total. The average molecular weight is 501 g/mol. The molecule has 0 spiro atoms. The third-order valence-electron chi connectivity index (χ3n) is 8.13. The van der Waals surface area contributed by atoms with E-state index in [4.69, 9.17) is 4.74 Å². The van der Waals surface area contributed by atoms with Crippen molar-refractivity contribution >= 4 is 22.4 Å². The van der Waals surface area contributed by atoms with Crippen molar-refractivity contribution in [1.29, 1.82) is 0 Å². The first kappa shape index (κ1) is 22.4. The van der Waals surface area contributed by atoms with Gasteiger partial charge in [0.2, 0.25) is 0 Å². The highest BCUT2D eigenvalue weighted by Crippen LogP contribution is 2.40. The van der Waals surface area contributed by atoms with Crippen LogP contribution in [-0.4, -0.2) is 33.6 Å². The summed E-state index contributed by atoms with van der Waals surface area (Å²) in [5.41, 5.74) is 11.7. The molecule has 2 saturated heterocycles. The van der Waals surface area contributed by atoms with Gasteiger partial charge in [0.15, 0.2) is 0 Å². The molecule has 36 heavy (non-hydrogen) atoms. The van der Waals surface area contributed by atoms with Crippen LogP contribution in [0.15, 0.2) is 54.3 Å². The van der Waals surface area contributed by atoms with Gasteiger partial charge in [-0.15, -0.1) is 11.3 Å². The maximum Gasteiger partial charge on any atom is 0.138 e. The zero-order chi connectivity index (χ0) is 23.9. The smallest absolute Gasteiger partial charge is 0.138 e. The SMILES string of the molecule is c1csc(-c2ccnc3[nH]c(C4NNC5CNC(c6cncc(OC7CCCCC7)c6)CC54)cc23)c1. The van der Waals surface area contributed by atoms with Gasteiger partial charge < -0.3 is 15.0 Å². The number of hydrogen-bond acceptors (Lipinski definition) is 7. The molecule has 4 aromatic heterocycles. The van der Waals surface area contributed by atoms with Crippen LogP contribution in [0.3, 0.4) is 0 Å². The van der Waals surface area contributed by atoms with Gasteiger partial charge in [-0.25, -0.2) is 10.4 Å². The Hall–Kier alpha value is -2.78. The van der Waals surface area contributed by atoms with Crippen LogP contribution in [0.2, 0.25) is 0 Å². The predicted octanol–water partition coefficient (Wildman–Crippen LogP) is 5.27. The zero-order valence-corrected chi connectivity index (χ0v) is 21.1. The van der Waals surface area contributed by atoms with Gasteiger partial charge in [0, 0.05) is 58.5 Å². The van der Waals surface area contributed by atoms with Crippen molar-refractivity contribution in [1.82, 2.24) is 31.1 Å². The Morgan fingerprint density at radius 2 is 1.97 bits per heavy atom. The number of nitrogens with one attached hydrogen (secondary N) is 4. The summed E-state index contributed by atoms with van der Waals surface area (Å²) >= 11 is 1.77. The first-order valence-corrected chi connectivity index (χ1v) is 14.1. The number of thiophene rings is 1. The monoisotopic (exact) mass is 500 g/mol. The first-order chi connectivity index (χ1) is 17.8.